The predicted molar refractivity (Wildman–Crippen MR) is 68.1 cm³/mol. The van der Waals surface area contributed by atoms with Crippen molar-refractivity contribution >= 4 is 18.6 Å². The number of esters is 1. The van der Waals surface area contributed by atoms with Crippen LogP contribution in [0, 0.1) is 12.8 Å². The minimum atomic E-state index is -0.269. The lowest BCUT2D eigenvalue weighted by Crippen LogP contribution is -2.20. The Morgan fingerprint density at radius 2 is 1.94 bits per heavy atom. The molecule has 1 rings (SSSR count). The maximum Gasteiger partial charge on any atom is 0.338 e. The van der Waals surface area contributed by atoms with Gasteiger partial charge in [-0.1, -0.05) is 19.9 Å². The van der Waals surface area contributed by atoms with Gasteiger partial charge in [-0.15, -0.1) is 12.6 Å². The number of carbonyl (C=O) groups is 1. The first kappa shape index (κ1) is 13.1. The lowest BCUT2D eigenvalue weighted by Gasteiger charge is -2.17. The summed E-state index contributed by atoms with van der Waals surface area (Å²) in [6.07, 6.45) is -0.0736. The van der Waals surface area contributed by atoms with Gasteiger partial charge in [0.15, 0.2) is 0 Å². The summed E-state index contributed by atoms with van der Waals surface area (Å²) in [7, 11) is 0. The summed E-state index contributed by atoms with van der Waals surface area (Å²) in [6, 6.07) is 5.48. The zero-order chi connectivity index (χ0) is 12.3. The van der Waals surface area contributed by atoms with Crippen LogP contribution in [0.3, 0.4) is 0 Å². The minimum absolute atomic E-state index is 0.0736. The van der Waals surface area contributed by atoms with Gasteiger partial charge in [0, 0.05) is 4.90 Å². The number of ether oxygens (including phenoxy) is 1. The molecule has 0 radical (unpaired) electrons. The van der Waals surface area contributed by atoms with Crippen molar-refractivity contribution in [2.75, 3.05) is 0 Å². The fraction of sp³-hybridized carbons (Fsp3) is 0.462. The quantitative estimate of drug-likeness (QED) is 0.644. The SMILES string of the molecule is Cc1ccc(S)cc1C(=O)OC(C)C(C)C. The van der Waals surface area contributed by atoms with E-state index in [2.05, 4.69) is 12.6 Å². The number of thiol groups is 1. The molecule has 0 bridgehead atoms. The average Bonchev–Trinajstić information content (AvgIpc) is 2.21. The fourth-order valence-corrected chi connectivity index (χ4v) is 1.40. The maximum atomic E-state index is 11.9. The van der Waals surface area contributed by atoms with E-state index in [4.69, 9.17) is 4.74 Å². The van der Waals surface area contributed by atoms with Crippen LogP contribution in [0.15, 0.2) is 23.1 Å². The van der Waals surface area contributed by atoms with Gasteiger partial charge in [-0.2, -0.15) is 0 Å². The van der Waals surface area contributed by atoms with Crippen molar-refractivity contribution in [3.05, 3.63) is 29.3 Å². The highest BCUT2D eigenvalue weighted by Gasteiger charge is 2.16. The van der Waals surface area contributed by atoms with Gasteiger partial charge >= 0.3 is 5.97 Å². The third-order valence-corrected chi connectivity index (χ3v) is 2.95. The first-order chi connectivity index (χ1) is 7.41. The van der Waals surface area contributed by atoms with Gasteiger partial charge in [0.2, 0.25) is 0 Å². The fourth-order valence-electron chi connectivity index (χ4n) is 1.20. The van der Waals surface area contributed by atoms with E-state index in [1.54, 1.807) is 6.07 Å². The molecule has 0 amide bonds. The predicted octanol–water partition coefficient (Wildman–Crippen LogP) is 3.49. The molecule has 0 spiro atoms. The molecule has 0 aliphatic rings. The summed E-state index contributed by atoms with van der Waals surface area (Å²) < 4.78 is 5.36. The third kappa shape index (κ3) is 3.27. The van der Waals surface area contributed by atoms with Crippen LogP contribution in [0.2, 0.25) is 0 Å². The molecule has 0 aliphatic heterocycles. The van der Waals surface area contributed by atoms with Crippen molar-refractivity contribution in [1.82, 2.24) is 0 Å². The summed E-state index contributed by atoms with van der Waals surface area (Å²) in [5.41, 5.74) is 1.51. The van der Waals surface area contributed by atoms with Crippen molar-refractivity contribution in [2.45, 2.75) is 38.7 Å². The normalized spacial score (nSPS) is 12.6. The Bertz CT molecular complexity index is 386. The first-order valence-electron chi connectivity index (χ1n) is 5.42. The zero-order valence-electron chi connectivity index (χ0n) is 10.2. The molecule has 1 aromatic carbocycles. The van der Waals surface area contributed by atoms with E-state index >= 15 is 0 Å². The molecule has 0 aromatic heterocycles. The van der Waals surface area contributed by atoms with E-state index in [1.807, 2.05) is 39.8 Å². The Kier molecular flexibility index (Phi) is 4.42. The second kappa shape index (κ2) is 5.39. The Labute approximate surface area is 102 Å². The van der Waals surface area contributed by atoms with Crippen LogP contribution in [0.4, 0.5) is 0 Å². The summed E-state index contributed by atoms with van der Waals surface area (Å²) >= 11 is 4.22. The lowest BCUT2D eigenvalue weighted by atomic mass is 10.1. The van der Waals surface area contributed by atoms with Gasteiger partial charge < -0.3 is 4.74 Å². The smallest absolute Gasteiger partial charge is 0.338 e. The number of carbonyl (C=O) groups excluding carboxylic acids is 1. The molecule has 1 atom stereocenters. The number of hydrogen-bond acceptors (Lipinski definition) is 3. The molecule has 16 heavy (non-hydrogen) atoms. The second-order valence-corrected chi connectivity index (χ2v) is 4.87. The topological polar surface area (TPSA) is 26.3 Å². The van der Waals surface area contributed by atoms with Crippen LogP contribution in [0.5, 0.6) is 0 Å². The molecule has 0 saturated heterocycles. The van der Waals surface area contributed by atoms with Gasteiger partial charge in [0.1, 0.15) is 6.10 Å². The number of rotatable bonds is 3. The van der Waals surface area contributed by atoms with Crippen molar-refractivity contribution < 1.29 is 9.53 Å². The molecule has 0 heterocycles. The Balaban J connectivity index is 2.84. The third-order valence-electron chi connectivity index (χ3n) is 2.67. The van der Waals surface area contributed by atoms with Gasteiger partial charge in [0.05, 0.1) is 5.56 Å². The van der Waals surface area contributed by atoms with Gasteiger partial charge in [-0.05, 0) is 37.5 Å². The molecule has 0 aliphatic carbocycles. The molecule has 88 valence electrons. The molecule has 0 saturated carbocycles. The summed E-state index contributed by atoms with van der Waals surface area (Å²) in [5.74, 6) is 0.0537. The second-order valence-electron chi connectivity index (χ2n) is 4.35. The molecule has 2 nitrogen and oxygen atoms in total. The molecular formula is C13H18O2S. The highest BCUT2D eigenvalue weighted by molar-refractivity contribution is 7.80. The zero-order valence-corrected chi connectivity index (χ0v) is 11.0. The van der Waals surface area contributed by atoms with Crippen LogP contribution in [0.1, 0.15) is 36.7 Å². The summed E-state index contributed by atoms with van der Waals surface area (Å²) in [6.45, 7) is 7.85. The van der Waals surface area contributed by atoms with Crippen LogP contribution in [-0.4, -0.2) is 12.1 Å². The highest BCUT2D eigenvalue weighted by Crippen LogP contribution is 2.17. The number of benzene rings is 1. The van der Waals surface area contributed by atoms with Crippen molar-refractivity contribution in [3.8, 4) is 0 Å². The Morgan fingerprint density at radius 1 is 1.31 bits per heavy atom. The van der Waals surface area contributed by atoms with E-state index in [0.717, 1.165) is 10.5 Å². The Morgan fingerprint density at radius 3 is 2.50 bits per heavy atom. The molecular weight excluding hydrogens is 220 g/mol. The molecule has 3 heteroatoms. The monoisotopic (exact) mass is 238 g/mol. The van der Waals surface area contributed by atoms with Gasteiger partial charge in [-0.25, -0.2) is 4.79 Å². The van der Waals surface area contributed by atoms with Crippen molar-refractivity contribution in [1.29, 1.82) is 0 Å². The van der Waals surface area contributed by atoms with Crippen molar-refractivity contribution in [2.24, 2.45) is 5.92 Å². The van der Waals surface area contributed by atoms with Crippen LogP contribution in [-0.2, 0) is 4.74 Å². The van der Waals surface area contributed by atoms with E-state index in [-0.39, 0.29) is 12.1 Å². The highest BCUT2D eigenvalue weighted by atomic mass is 32.1. The lowest BCUT2D eigenvalue weighted by molar-refractivity contribution is 0.0237. The van der Waals surface area contributed by atoms with Gasteiger partial charge in [-0.3, -0.25) is 0 Å². The van der Waals surface area contributed by atoms with Crippen LogP contribution in [0.25, 0.3) is 0 Å². The number of hydrogen-bond donors (Lipinski definition) is 1. The van der Waals surface area contributed by atoms with E-state index in [1.165, 1.54) is 0 Å². The van der Waals surface area contributed by atoms with Gasteiger partial charge in [0.25, 0.3) is 0 Å². The molecule has 0 fully saturated rings. The standard InChI is InChI=1S/C13H18O2S/c1-8(2)10(4)15-13(14)12-7-11(16)6-5-9(12)3/h5-8,10,16H,1-4H3. The minimum Gasteiger partial charge on any atom is -0.459 e. The largest absolute Gasteiger partial charge is 0.459 e. The first-order valence-corrected chi connectivity index (χ1v) is 5.87. The Hall–Kier alpha value is -0.960. The van der Waals surface area contributed by atoms with Crippen molar-refractivity contribution in [3.63, 3.8) is 0 Å². The molecule has 1 unspecified atom stereocenters. The van der Waals surface area contributed by atoms with E-state index < -0.39 is 0 Å². The molecule has 1 aromatic rings. The summed E-state index contributed by atoms with van der Waals surface area (Å²) in [5, 5.41) is 0. The number of aryl methyl sites for hydroxylation is 1. The van der Waals surface area contributed by atoms with E-state index in [0.29, 0.717) is 11.5 Å². The van der Waals surface area contributed by atoms with E-state index in [9.17, 15) is 4.79 Å². The van der Waals surface area contributed by atoms with Crippen LogP contribution >= 0.6 is 12.6 Å². The van der Waals surface area contributed by atoms with Crippen LogP contribution < -0.4 is 0 Å². The molecule has 0 N–H and O–H groups in total. The maximum absolute atomic E-state index is 11.9. The average molecular weight is 238 g/mol. The summed E-state index contributed by atoms with van der Waals surface area (Å²) in [4.78, 5) is 12.6.